The minimum Gasteiger partial charge on any atom is -0.309 e. The van der Waals surface area contributed by atoms with E-state index in [1.807, 2.05) is 35.6 Å². The average Bonchev–Trinajstić information content (AvgIpc) is 3.89. The fourth-order valence-corrected chi connectivity index (χ4v) is 10.4. The number of thiophene rings is 1. The second-order valence-electron chi connectivity index (χ2n) is 15.3. The van der Waals surface area contributed by atoms with E-state index >= 15 is 0 Å². The number of hydrogen-bond donors (Lipinski definition) is 0. The van der Waals surface area contributed by atoms with Gasteiger partial charge in [0, 0.05) is 58.7 Å². The van der Waals surface area contributed by atoms with E-state index in [0.29, 0.717) is 5.82 Å². The van der Waals surface area contributed by atoms with Gasteiger partial charge in [0.15, 0.2) is 5.82 Å². The zero-order chi connectivity index (χ0) is 39.6. The van der Waals surface area contributed by atoms with Gasteiger partial charge in [0.2, 0.25) is 0 Å². The average molecular weight is 782 g/mol. The summed E-state index contributed by atoms with van der Waals surface area (Å²) >= 11 is 1.91. The van der Waals surface area contributed by atoms with Gasteiger partial charge in [-0.3, -0.25) is 0 Å². The minimum atomic E-state index is 0.709. The number of rotatable bonds is 6. The number of benzene rings is 9. The summed E-state index contributed by atoms with van der Waals surface area (Å²) < 4.78 is 5.12. The van der Waals surface area contributed by atoms with Crippen molar-refractivity contribution in [2.45, 2.75) is 0 Å². The van der Waals surface area contributed by atoms with Gasteiger partial charge in [-0.1, -0.05) is 182 Å². The maximum Gasteiger partial charge on any atom is 0.160 e. The molecule has 280 valence electrons. The number of fused-ring (bicyclic) bond motifs is 10. The summed E-state index contributed by atoms with van der Waals surface area (Å²) in [6.45, 7) is 0. The first-order valence-corrected chi connectivity index (χ1v) is 21.1. The second-order valence-corrected chi connectivity index (χ2v) is 16.3. The maximum atomic E-state index is 5.15. The molecule has 3 aromatic heterocycles. The van der Waals surface area contributed by atoms with E-state index < -0.39 is 0 Å². The zero-order valence-electron chi connectivity index (χ0n) is 32.5. The van der Waals surface area contributed by atoms with Gasteiger partial charge < -0.3 is 4.57 Å². The summed E-state index contributed by atoms with van der Waals surface area (Å²) in [4.78, 5) is 10.2. The van der Waals surface area contributed by atoms with Crippen molar-refractivity contribution in [2.75, 3.05) is 0 Å². The Labute approximate surface area is 351 Å². The van der Waals surface area contributed by atoms with Gasteiger partial charge in [-0.15, -0.1) is 11.3 Å². The van der Waals surface area contributed by atoms with E-state index in [0.717, 1.165) is 33.8 Å². The smallest absolute Gasteiger partial charge is 0.160 e. The van der Waals surface area contributed by atoms with E-state index in [-0.39, 0.29) is 0 Å². The number of hydrogen-bond acceptors (Lipinski definition) is 3. The molecule has 0 bridgehead atoms. The van der Waals surface area contributed by atoms with Crippen molar-refractivity contribution < 1.29 is 0 Å². The lowest BCUT2D eigenvalue weighted by Crippen LogP contribution is -1.97. The Kier molecular flexibility index (Phi) is 8.03. The minimum absolute atomic E-state index is 0.709. The van der Waals surface area contributed by atoms with Gasteiger partial charge in [-0.2, -0.15) is 0 Å². The van der Waals surface area contributed by atoms with Crippen LogP contribution in [0.2, 0.25) is 0 Å². The normalized spacial score (nSPS) is 11.7. The molecular formula is C56H35N3S. The quantitative estimate of drug-likeness (QED) is 0.168. The van der Waals surface area contributed by atoms with Gasteiger partial charge in [0.05, 0.1) is 22.4 Å². The van der Waals surface area contributed by atoms with E-state index in [1.54, 1.807) is 0 Å². The summed E-state index contributed by atoms with van der Waals surface area (Å²) in [6, 6.07) is 76.0. The molecular weight excluding hydrogens is 747 g/mol. The molecule has 3 nitrogen and oxygen atoms in total. The number of nitrogens with zero attached hydrogens (tertiary/aromatic N) is 3. The predicted molar refractivity (Wildman–Crippen MR) is 254 cm³/mol. The number of aromatic nitrogens is 3. The lowest BCUT2D eigenvalue weighted by Gasteiger charge is -2.13. The van der Waals surface area contributed by atoms with Crippen molar-refractivity contribution in [3.8, 4) is 61.8 Å². The zero-order valence-corrected chi connectivity index (χ0v) is 33.3. The van der Waals surface area contributed by atoms with Crippen molar-refractivity contribution in [1.82, 2.24) is 14.5 Å². The summed E-state index contributed by atoms with van der Waals surface area (Å²) in [7, 11) is 0. The van der Waals surface area contributed by atoms with Gasteiger partial charge in [-0.05, 0) is 58.0 Å². The van der Waals surface area contributed by atoms with Crippen molar-refractivity contribution in [3.05, 3.63) is 212 Å². The first-order chi connectivity index (χ1) is 29.8. The molecule has 0 saturated carbocycles. The highest BCUT2D eigenvalue weighted by atomic mass is 32.1. The van der Waals surface area contributed by atoms with E-state index in [4.69, 9.17) is 9.97 Å². The molecule has 0 fully saturated rings. The second kappa shape index (κ2) is 14.0. The van der Waals surface area contributed by atoms with Crippen LogP contribution >= 0.6 is 11.3 Å². The lowest BCUT2D eigenvalue weighted by atomic mass is 9.97. The summed E-state index contributed by atoms with van der Waals surface area (Å²) in [5.74, 6) is 0.709. The molecule has 0 aliphatic carbocycles. The van der Waals surface area contributed by atoms with E-state index in [2.05, 4.69) is 193 Å². The molecule has 0 aliphatic rings. The highest BCUT2D eigenvalue weighted by molar-refractivity contribution is 7.27. The van der Waals surface area contributed by atoms with Crippen LogP contribution in [0.3, 0.4) is 0 Å². The molecule has 0 aliphatic heterocycles. The van der Waals surface area contributed by atoms with Crippen LogP contribution in [-0.2, 0) is 0 Å². The third-order valence-electron chi connectivity index (χ3n) is 11.8. The third-order valence-corrected chi connectivity index (χ3v) is 13.1. The molecule has 4 heteroatoms. The topological polar surface area (TPSA) is 30.7 Å². The molecule has 9 aromatic carbocycles. The van der Waals surface area contributed by atoms with Crippen LogP contribution in [0.25, 0.3) is 115 Å². The first kappa shape index (κ1) is 34.4. The van der Waals surface area contributed by atoms with Gasteiger partial charge in [0.25, 0.3) is 0 Å². The van der Waals surface area contributed by atoms with Crippen LogP contribution in [0.4, 0.5) is 0 Å². The molecule has 3 heterocycles. The summed E-state index contributed by atoms with van der Waals surface area (Å²) in [5, 5.41) is 7.63. The van der Waals surface area contributed by atoms with Gasteiger partial charge in [-0.25, -0.2) is 9.97 Å². The Morgan fingerprint density at radius 3 is 1.58 bits per heavy atom. The molecule has 0 saturated heterocycles. The Morgan fingerprint density at radius 2 is 0.900 bits per heavy atom. The van der Waals surface area contributed by atoms with Crippen LogP contribution in [0, 0.1) is 0 Å². The largest absolute Gasteiger partial charge is 0.309 e. The SMILES string of the molecule is c1ccc(-c2ccc3c(c2)c2c4ccccc4c4sc5c(-c6ccccc6)cccc5c4c2n3-c2ccc(-c3cc(-c4ccccc4)nc(-c4ccccc4)n3)cc2)cc1. The monoisotopic (exact) mass is 781 g/mol. The van der Waals surface area contributed by atoms with Crippen LogP contribution in [0.5, 0.6) is 0 Å². The molecule has 12 aromatic rings. The van der Waals surface area contributed by atoms with Crippen LogP contribution in [0.1, 0.15) is 0 Å². The lowest BCUT2D eigenvalue weighted by molar-refractivity contribution is 1.17. The third kappa shape index (κ3) is 5.57. The fourth-order valence-electron chi connectivity index (χ4n) is 9.02. The van der Waals surface area contributed by atoms with Crippen LogP contribution in [0.15, 0.2) is 212 Å². The fraction of sp³-hybridized carbons (Fsp3) is 0. The highest BCUT2D eigenvalue weighted by Gasteiger charge is 2.23. The van der Waals surface area contributed by atoms with Crippen LogP contribution < -0.4 is 0 Å². The van der Waals surface area contributed by atoms with E-state index in [9.17, 15) is 0 Å². The summed E-state index contributed by atoms with van der Waals surface area (Å²) in [6.07, 6.45) is 0. The van der Waals surface area contributed by atoms with Gasteiger partial charge >= 0.3 is 0 Å². The van der Waals surface area contributed by atoms with E-state index in [1.165, 1.54) is 75.0 Å². The Balaban J connectivity index is 1.14. The standard InChI is InChI=1S/C56H35N3S/c1-5-16-36(17-6-1)41-30-33-50-47(34-41)51-44-24-13-14-25-45(44)55-52(46-27-15-26-43(54(46)60-55)37-18-7-2-8-19-37)53(51)59(50)42-31-28-39(29-32-42)49-35-48(38-20-9-3-10-21-38)57-56(58-49)40-22-11-4-12-23-40/h1-35H. The molecule has 0 N–H and O–H groups in total. The first-order valence-electron chi connectivity index (χ1n) is 20.3. The Morgan fingerprint density at radius 1 is 0.350 bits per heavy atom. The Bertz CT molecular complexity index is 3500. The summed E-state index contributed by atoms with van der Waals surface area (Å²) in [5.41, 5.74) is 13.3. The maximum absolute atomic E-state index is 5.15. The molecule has 60 heavy (non-hydrogen) atoms. The molecule has 12 rings (SSSR count). The van der Waals surface area contributed by atoms with Crippen molar-refractivity contribution in [3.63, 3.8) is 0 Å². The predicted octanol–water partition coefficient (Wildman–Crippen LogP) is 15.4. The molecule has 0 spiro atoms. The molecule has 0 unspecified atom stereocenters. The van der Waals surface area contributed by atoms with Crippen molar-refractivity contribution in [2.24, 2.45) is 0 Å². The van der Waals surface area contributed by atoms with Crippen molar-refractivity contribution in [1.29, 1.82) is 0 Å². The molecule has 0 radical (unpaired) electrons. The van der Waals surface area contributed by atoms with Gasteiger partial charge in [0.1, 0.15) is 0 Å². The molecule has 0 atom stereocenters. The van der Waals surface area contributed by atoms with Crippen molar-refractivity contribution >= 4 is 64.1 Å². The molecule has 0 amide bonds. The Hall–Kier alpha value is -7.66. The van der Waals surface area contributed by atoms with Crippen LogP contribution in [-0.4, -0.2) is 14.5 Å². The highest BCUT2D eigenvalue weighted by Crippen LogP contribution is 2.50.